The van der Waals surface area contributed by atoms with Crippen molar-refractivity contribution in [2.24, 2.45) is 0 Å². The Morgan fingerprint density at radius 3 is 2.95 bits per heavy atom. The molecule has 0 saturated heterocycles. The Kier molecular flexibility index (Phi) is 3.25. The number of nitrogens with zero attached hydrogens (tertiary/aromatic N) is 2. The van der Waals surface area contributed by atoms with Gasteiger partial charge in [0.2, 0.25) is 0 Å². The van der Waals surface area contributed by atoms with Crippen molar-refractivity contribution in [2.75, 3.05) is 0 Å². The van der Waals surface area contributed by atoms with Crippen molar-refractivity contribution in [3.05, 3.63) is 47.5 Å². The molecule has 1 saturated carbocycles. The third-order valence-electron chi connectivity index (χ3n) is 3.30. The van der Waals surface area contributed by atoms with E-state index in [-0.39, 0.29) is 5.82 Å². The molecular weight excluding hydrogens is 241 g/mol. The van der Waals surface area contributed by atoms with E-state index in [0.29, 0.717) is 11.9 Å². The summed E-state index contributed by atoms with van der Waals surface area (Å²) in [6, 6.07) is 7.24. The standard InChI is InChI=1S/C15H16FN3/c1-10-2-3-11(16)8-14(10)15-17-7-6-13(19-15)9-18-12-4-5-12/h2-3,6-8,12,18H,4-5,9H2,1H3. The van der Waals surface area contributed by atoms with Gasteiger partial charge in [0.05, 0.1) is 5.69 Å². The van der Waals surface area contributed by atoms with E-state index in [9.17, 15) is 4.39 Å². The molecule has 3 rings (SSSR count). The van der Waals surface area contributed by atoms with Gasteiger partial charge in [-0.05, 0) is 43.5 Å². The summed E-state index contributed by atoms with van der Waals surface area (Å²) in [5.41, 5.74) is 2.68. The van der Waals surface area contributed by atoms with Crippen molar-refractivity contribution in [1.82, 2.24) is 15.3 Å². The lowest BCUT2D eigenvalue weighted by Gasteiger charge is -2.07. The van der Waals surface area contributed by atoms with Crippen LogP contribution in [-0.2, 0) is 6.54 Å². The molecule has 0 aliphatic heterocycles. The molecule has 1 heterocycles. The number of benzene rings is 1. The van der Waals surface area contributed by atoms with E-state index >= 15 is 0 Å². The predicted molar refractivity (Wildman–Crippen MR) is 72.0 cm³/mol. The van der Waals surface area contributed by atoms with Gasteiger partial charge < -0.3 is 5.32 Å². The monoisotopic (exact) mass is 257 g/mol. The Morgan fingerprint density at radius 2 is 2.16 bits per heavy atom. The lowest BCUT2D eigenvalue weighted by atomic mass is 10.1. The van der Waals surface area contributed by atoms with Crippen LogP contribution in [0, 0.1) is 12.7 Å². The van der Waals surface area contributed by atoms with Gasteiger partial charge in [-0.2, -0.15) is 0 Å². The third-order valence-corrected chi connectivity index (χ3v) is 3.30. The van der Waals surface area contributed by atoms with E-state index in [1.807, 2.05) is 13.0 Å². The maximum absolute atomic E-state index is 13.3. The summed E-state index contributed by atoms with van der Waals surface area (Å²) in [6.45, 7) is 2.68. The molecule has 1 fully saturated rings. The van der Waals surface area contributed by atoms with Crippen LogP contribution in [-0.4, -0.2) is 16.0 Å². The largest absolute Gasteiger partial charge is 0.308 e. The molecule has 1 aromatic carbocycles. The van der Waals surface area contributed by atoms with E-state index in [0.717, 1.165) is 23.4 Å². The molecule has 0 radical (unpaired) electrons. The number of hydrogen-bond acceptors (Lipinski definition) is 3. The number of aromatic nitrogens is 2. The fourth-order valence-electron chi connectivity index (χ4n) is 2.00. The molecule has 98 valence electrons. The van der Waals surface area contributed by atoms with Crippen LogP contribution in [0.5, 0.6) is 0 Å². The van der Waals surface area contributed by atoms with Crippen LogP contribution in [0.1, 0.15) is 24.1 Å². The SMILES string of the molecule is Cc1ccc(F)cc1-c1nccc(CNC2CC2)n1. The Bertz CT molecular complexity index is 594. The molecule has 0 spiro atoms. The first kappa shape index (κ1) is 12.2. The van der Waals surface area contributed by atoms with E-state index in [2.05, 4.69) is 15.3 Å². The number of nitrogens with one attached hydrogen (secondary N) is 1. The molecule has 4 heteroatoms. The number of rotatable bonds is 4. The quantitative estimate of drug-likeness (QED) is 0.915. The van der Waals surface area contributed by atoms with Crippen molar-refractivity contribution in [1.29, 1.82) is 0 Å². The van der Waals surface area contributed by atoms with Crippen LogP contribution >= 0.6 is 0 Å². The van der Waals surface area contributed by atoms with Crippen molar-refractivity contribution in [3.8, 4) is 11.4 Å². The molecule has 1 N–H and O–H groups in total. The summed E-state index contributed by atoms with van der Waals surface area (Å²) < 4.78 is 13.3. The zero-order valence-corrected chi connectivity index (χ0v) is 10.9. The highest BCUT2D eigenvalue weighted by Gasteiger charge is 2.20. The van der Waals surface area contributed by atoms with Crippen LogP contribution in [0.15, 0.2) is 30.5 Å². The molecule has 0 bridgehead atoms. The second-order valence-corrected chi connectivity index (χ2v) is 4.99. The molecule has 1 aromatic heterocycles. The minimum absolute atomic E-state index is 0.259. The van der Waals surface area contributed by atoms with Crippen molar-refractivity contribution in [2.45, 2.75) is 32.4 Å². The van der Waals surface area contributed by atoms with Crippen LogP contribution in [0.25, 0.3) is 11.4 Å². The van der Waals surface area contributed by atoms with E-state index in [4.69, 9.17) is 0 Å². The average Bonchev–Trinajstić information content (AvgIpc) is 3.24. The minimum atomic E-state index is -0.259. The highest BCUT2D eigenvalue weighted by atomic mass is 19.1. The molecule has 1 aliphatic rings. The average molecular weight is 257 g/mol. The van der Waals surface area contributed by atoms with E-state index in [1.165, 1.54) is 25.0 Å². The van der Waals surface area contributed by atoms with Crippen LogP contribution < -0.4 is 5.32 Å². The topological polar surface area (TPSA) is 37.8 Å². The van der Waals surface area contributed by atoms with Gasteiger partial charge in [0, 0.05) is 24.3 Å². The van der Waals surface area contributed by atoms with Gasteiger partial charge in [0.1, 0.15) is 5.82 Å². The Labute approximate surface area is 111 Å². The first-order valence-corrected chi connectivity index (χ1v) is 6.54. The summed E-state index contributed by atoms with van der Waals surface area (Å²) >= 11 is 0. The van der Waals surface area contributed by atoms with Gasteiger partial charge in [-0.15, -0.1) is 0 Å². The highest BCUT2D eigenvalue weighted by Crippen LogP contribution is 2.22. The van der Waals surface area contributed by atoms with Crippen molar-refractivity contribution < 1.29 is 4.39 Å². The number of aryl methyl sites for hydroxylation is 1. The van der Waals surface area contributed by atoms with E-state index in [1.54, 1.807) is 12.3 Å². The number of hydrogen-bond donors (Lipinski definition) is 1. The second-order valence-electron chi connectivity index (χ2n) is 4.99. The molecule has 2 aromatic rings. The van der Waals surface area contributed by atoms with Crippen molar-refractivity contribution in [3.63, 3.8) is 0 Å². The summed E-state index contributed by atoms with van der Waals surface area (Å²) in [4.78, 5) is 8.75. The van der Waals surface area contributed by atoms with Crippen LogP contribution in [0.2, 0.25) is 0 Å². The Balaban J connectivity index is 1.86. The summed E-state index contributed by atoms with van der Waals surface area (Å²) in [5, 5.41) is 3.41. The van der Waals surface area contributed by atoms with Gasteiger partial charge in [-0.3, -0.25) is 0 Å². The Hall–Kier alpha value is -1.81. The summed E-state index contributed by atoms with van der Waals surface area (Å²) in [6.07, 6.45) is 4.23. The minimum Gasteiger partial charge on any atom is -0.308 e. The van der Waals surface area contributed by atoms with Crippen LogP contribution in [0.4, 0.5) is 4.39 Å². The number of halogens is 1. The van der Waals surface area contributed by atoms with Gasteiger partial charge in [0.15, 0.2) is 5.82 Å². The summed E-state index contributed by atoms with van der Waals surface area (Å²) in [7, 11) is 0. The molecule has 3 nitrogen and oxygen atoms in total. The van der Waals surface area contributed by atoms with Gasteiger partial charge in [-0.25, -0.2) is 14.4 Å². The molecular formula is C15H16FN3. The van der Waals surface area contributed by atoms with Gasteiger partial charge >= 0.3 is 0 Å². The van der Waals surface area contributed by atoms with E-state index < -0.39 is 0 Å². The predicted octanol–water partition coefficient (Wildman–Crippen LogP) is 2.84. The molecule has 0 amide bonds. The normalized spacial score (nSPS) is 14.6. The smallest absolute Gasteiger partial charge is 0.159 e. The fourth-order valence-corrected chi connectivity index (χ4v) is 2.00. The molecule has 19 heavy (non-hydrogen) atoms. The van der Waals surface area contributed by atoms with Crippen molar-refractivity contribution >= 4 is 0 Å². The zero-order chi connectivity index (χ0) is 13.2. The second kappa shape index (κ2) is 5.05. The first-order chi connectivity index (χ1) is 9.22. The van der Waals surface area contributed by atoms with Gasteiger partial charge in [-0.1, -0.05) is 6.07 Å². The lowest BCUT2D eigenvalue weighted by molar-refractivity contribution is 0.627. The Morgan fingerprint density at radius 1 is 1.32 bits per heavy atom. The maximum atomic E-state index is 13.3. The molecule has 0 unspecified atom stereocenters. The summed E-state index contributed by atoms with van der Waals surface area (Å²) in [5.74, 6) is 0.331. The maximum Gasteiger partial charge on any atom is 0.159 e. The zero-order valence-electron chi connectivity index (χ0n) is 10.9. The first-order valence-electron chi connectivity index (χ1n) is 6.54. The molecule has 0 atom stereocenters. The highest BCUT2D eigenvalue weighted by molar-refractivity contribution is 5.59. The van der Waals surface area contributed by atoms with Crippen LogP contribution in [0.3, 0.4) is 0 Å². The fraction of sp³-hybridized carbons (Fsp3) is 0.333. The lowest BCUT2D eigenvalue weighted by Crippen LogP contribution is -2.16. The van der Waals surface area contributed by atoms with Gasteiger partial charge in [0.25, 0.3) is 0 Å². The molecule has 1 aliphatic carbocycles. The third kappa shape index (κ3) is 2.96.